The van der Waals surface area contributed by atoms with Gasteiger partial charge in [0.05, 0.1) is 21.1 Å². The van der Waals surface area contributed by atoms with Crippen molar-refractivity contribution in [3.05, 3.63) is 110 Å². The van der Waals surface area contributed by atoms with Crippen LogP contribution in [0.25, 0.3) is 6.08 Å². The molecule has 0 saturated heterocycles. The molecule has 1 aliphatic rings. The summed E-state index contributed by atoms with van der Waals surface area (Å²) in [5.41, 5.74) is 1.08. The summed E-state index contributed by atoms with van der Waals surface area (Å²) in [7, 11) is 0. The number of aliphatic imine (C=N–C) groups is 1. The van der Waals surface area contributed by atoms with Crippen molar-refractivity contribution in [3.63, 3.8) is 0 Å². The van der Waals surface area contributed by atoms with Gasteiger partial charge in [-0.2, -0.15) is 0 Å². The van der Waals surface area contributed by atoms with Crippen LogP contribution in [-0.2, 0) is 9.53 Å². The number of rotatable bonds is 5. The number of cyclic esters (lactones) is 1. The molecule has 0 atom stereocenters. The molecule has 0 spiro atoms. The molecule has 0 amide bonds. The number of non-ortho nitro benzene ring substituents is 1. The van der Waals surface area contributed by atoms with Crippen molar-refractivity contribution in [1.82, 2.24) is 0 Å². The predicted octanol–water partition coefficient (Wildman–Crippen LogP) is 4.81. The van der Waals surface area contributed by atoms with Gasteiger partial charge in [0.25, 0.3) is 5.69 Å². The van der Waals surface area contributed by atoms with Gasteiger partial charge in [-0.15, -0.1) is 0 Å². The topological polar surface area (TPSA) is 108 Å². The first kappa shape index (κ1) is 21.0. The molecule has 4 rings (SSSR count). The maximum atomic E-state index is 12.2. The Hall–Kier alpha value is -4.30. The van der Waals surface area contributed by atoms with Crippen molar-refractivity contribution in [2.45, 2.75) is 0 Å². The normalized spacial score (nSPS) is 14.1. The van der Waals surface area contributed by atoms with E-state index in [0.717, 1.165) is 6.07 Å². The number of benzene rings is 3. The van der Waals surface area contributed by atoms with E-state index in [4.69, 9.17) is 21.1 Å². The Morgan fingerprint density at radius 1 is 1.06 bits per heavy atom. The molecule has 8 nitrogen and oxygen atoms in total. The van der Waals surface area contributed by atoms with Crippen molar-refractivity contribution in [2.75, 3.05) is 0 Å². The number of nitrogens with zero attached hydrogens (tertiary/aromatic N) is 2. The minimum Gasteiger partial charge on any atom is -0.423 e. The fraction of sp³-hybridized carbons (Fsp3) is 0. The minimum atomic E-state index is -0.729. The van der Waals surface area contributed by atoms with Crippen LogP contribution in [-0.4, -0.2) is 22.8 Å². The van der Waals surface area contributed by atoms with E-state index in [1.54, 1.807) is 36.4 Å². The maximum Gasteiger partial charge on any atom is 0.363 e. The van der Waals surface area contributed by atoms with Gasteiger partial charge in [-0.05, 0) is 42.0 Å². The summed E-state index contributed by atoms with van der Waals surface area (Å²) in [4.78, 5) is 38.9. The molecule has 0 saturated carbocycles. The average Bonchev–Trinajstić information content (AvgIpc) is 3.15. The van der Waals surface area contributed by atoms with Gasteiger partial charge in [0.2, 0.25) is 5.90 Å². The summed E-state index contributed by atoms with van der Waals surface area (Å²) in [5.74, 6) is -0.985. The summed E-state index contributed by atoms with van der Waals surface area (Å²) < 4.78 is 10.5. The zero-order valence-corrected chi connectivity index (χ0v) is 17.0. The van der Waals surface area contributed by atoms with Gasteiger partial charge in [0.1, 0.15) is 5.75 Å². The van der Waals surface area contributed by atoms with Gasteiger partial charge in [0, 0.05) is 12.1 Å². The van der Waals surface area contributed by atoms with Gasteiger partial charge in [-0.1, -0.05) is 41.9 Å². The van der Waals surface area contributed by atoms with Crippen LogP contribution in [0.2, 0.25) is 5.02 Å². The van der Waals surface area contributed by atoms with Crippen LogP contribution in [0.4, 0.5) is 5.69 Å². The first-order valence-electron chi connectivity index (χ1n) is 9.25. The first-order valence-corrected chi connectivity index (χ1v) is 9.63. The van der Waals surface area contributed by atoms with Crippen LogP contribution in [0.5, 0.6) is 5.75 Å². The lowest BCUT2D eigenvalue weighted by molar-refractivity contribution is -0.384. The molecule has 0 bridgehead atoms. The molecule has 0 N–H and O–H groups in total. The Bertz CT molecular complexity index is 1300. The van der Waals surface area contributed by atoms with E-state index >= 15 is 0 Å². The van der Waals surface area contributed by atoms with E-state index in [1.807, 2.05) is 0 Å². The zero-order valence-electron chi connectivity index (χ0n) is 16.2. The van der Waals surface area contributed by atoms with Gasteiger partial charge < -0.3 is 9.47 Å². The van der Waals surface area contributed by atoms with E-state index < -0.39 is 16.9 Å². The molecule has 3 aromatic carbocycles. The summed E-state index contributed by atoms with van der Waals surface area (Å²) in [5, 5.41) is 11.3. The number of hydrogen-bond acceptors (Lipinski definition) is 7. The van der Waals surface area contributed by atoms with Gasteiger partial charge in [0.15, 0.2) is 5.70 Å². The Morgan fingerprint density at radius 2 is 1.81 bits per heavy atom. The molecule has 0 unspecified atom stereocenters. The Kier molecular flexibility index (Phi) is 5.78. The number of nitro groups is 1. The lowest BCUT2D eigenvalue weighted by Gasteiger charge is -2.04. The second-order valence-electron chi connectivity index (χ2n) is 6.58. The Morgan fingerprint density at radius 3 is 2.53 bits per heavy atom. The van der Waals surface area contributed by atoms with E-state index in [0.29, 0.717) is 16.1 Å². The number of ether oxygens (including phenoxy) is 2. The third-order valence-corrected chi connectivity index (χ3v) is 4.74. The maximum absolute atomic E-state index is 12.2. The largest absolute Gasteiger partial charge is 0.423 e. The molecular formula is C23H13ClN2O6. The van der Waals surface area contributed by atoms with E-state index in [-0.39, 0.29) is 28.6 Å². The van der Waals surface area contributed by atoms with Crippen molar-refractivity contribution < 1.29 is 24.0 Å². The number of nitro benzene ring substituents is 1. The van der Waals surface area contributed by atoms with Crippen LogP contribution < -0.4 is 4.74 Å². The second kappa shape index (κ2) is 8.83. The van der Waals surface area contributed by atoms with Crippen molar-refractivity contribution in [1.29, 1.82) is 0 Å². The highest BCUT2D eigenvalue weighted by Gasteiger charge is 2.25. The number of halogens is 1. The van der Waals surface area contributed by atoms with Crippen molar-refractivity contribution in [3.8, 4) is 5.75 Å². The summed E-state index contributed by atoms with van der Waals surface area (Å²) >= 11 is 6.12. The molecule has 158 valence electrons. The smallest absolute Gasteiger partial charge is 0.363 e. The predicted molar refractivity (Wildman–Crippen MR) is 117 cm³/mol. The van der Waals surface area contributed by atoms with E-state index in [2.05, 4.69) is 4.99 Å². The van der Waals surface area contributed by atoms with Crippen LogP contribution in [0.1, 0.15) is 21.5 Å². The van der Waals surface area contributed by atoms with E-state index in [9.17, 15) is 19.7 Å². The lowest BCUT2D eigenvalue weighted by Crippen LogP contribution is -2.08. The number of carbonyl (C=O) groups is 2. The standard InChI is InChI=1S/C23H13ClN2O6/c24-19-7-2-1-6-18(19)21-25-20(23(28)32-21)12-14-8-10-17(11-9-14)31-22(27)15-4-3-5-16(13-15)26(29)30/h1-13H/b20-12-. The molecule has 3 aromatic rings. The first-order chi connectivity index (χ1) is 15.4. The molecule has 9 heteroatoms. The highest BCUT2D eigenvalue weighted by Crippen LogP contribution is 2.24. The molecule has 0 fully saturated rings. The molecule has 0 aliphatic carbocycles. The molecule has 0 aromatic heterocycles. The molecule has 1 heterocycles. The number of carbonyl (C=O) groups excluding carboxylic acids is 2. The van der Waals surface area contributed by atoms with E-state index in [1.165, 1.54) is 36.4 Å². The monoisotopic (exact) mass is 448 g/mol. The summed E-state index contributed by atoms with van der Waals surface area (Å²) in [6.07, 6.45) is 1.53. The quantitative estimate of drug-likeness (QED) is 0.182. The molecular weight excluding hydrogens is 436 g/mol. The Labute approximate surface area is 186 Å². The Balaban J connectivity index is 1.49. The number of esters is 2. The highest BCUT2D eigenvalue weighted by molar-refractivity contribution is 6.34. The van der Waals surface area contributed by atoms with Crippen LogP contribution in [0.15, 0.2) is 83.5 Å². The molecule has 0 radical (unpaired) electrons. The second-order valence-corrected chi connectivity index (χ2v) is 6.99. The van der Waals surface area contributed by atoms with Gasteiger partial charge in [-0.3, -0.25) is 10.1 Å². The van der Waals surface area contributed by atoms with Crippen LogP contribution in [0.3, 0.4) is 0 Å². The van der Waals surface area contributed by atoms with Gasteiger partial charge in [-0.25, -0.2) is 14.6 Å². The van der Waals surface area contributed by atoms with Crippen molar-refractivity contribution >= 4 is 41.2 Å². The summed E-state index contributed by atoms with van der Waals surface area (Å²) in [6.45, 7) is 0. The fourth-order valence-electron chi connectivity index (χ4n) is 2.86. The third-order valence-electron chi connectivity index (χ3n) is 4.41. The SMILES string of the molecule is O=C1OC(c2ccccc2Cl)=N/C1=C\c1ccc(OC(=O)c2cccc([N+](=O)[O-])c2)cc1. The van der Waals surface area contributed by atoms with Crippen LogP contribution in [0, 0.1) is 10.1 Å². The molecule has 1 aliphatic heterocycles. The average molecular weight is 449 g/mol. The lowest BCUT2D eigenvalue weighted by atomic mass is 10.2. The minimum absolute atomic E-state index is 0.0561. The zero-order chi connectivity index (χ0) is 22.7. The highest BCUT2D eigenvalue weighted by atomic mass is 35.5. The summed E-state index contributed by atoms with van der Waals surface area (Å²) in [6, 6.07) is 18.4. The third kappa shape index (κ3) is 4.55. The molecule has 32 heavy (non-hydrogen) atoms. The van der Waals surface area contributed by atoms with Gasteiger partial charge >= 0.3 is 11.9 Å². The van der Waals surface area contributed by atoms with Crippen LogP contribution >= 0.6 is 11.6 Å². The fourth-order valence-corrected chi connectivity index (χ4v) is 3.08. The van der Waals surface area contributed by atoms with Crippen molar-refractivity contribution in [2.24, 2.45) is 4.99 Å². The number of hydrogen-bond donors (Lipinski definition) is 0.